The summed E-state index contributed by atoms with van der Waals surface area (Å²) in [4.78, 5) is 51.8. The van der Waals surface area contributed by atoms with Crippen LogP contribution in [0.5, 0.6) is 0 Å². The molecular weight excluding hydrogens is 504 g/mol. The topological polar surface area (TPSA) is 133 Å². The predicted molar refractivity (Wildman–Crippen MR) is 146 cm³/mol. The molecule has 2 aliphatic heterocycles. The average molecular weight is 543 g/mol. The van der Waals surface area contributed by atoms with E-state index in [1.807, 2.05) is 49.9 Å². The summed E-state index contributed by atoms with van der Waals surface area (Å²) in [7, 11) is 0. The second-order valence-corrected chi connectivity index (χ2v) is 10.5. The minimum atomic E-state index is -0.520. The lowest BCUT2D eigenvalue weighted by Gasteiger charge is -2.36. The van der Waals surface area contributed by atoms with Crippen molar-refractivity contribution in [1.82, 2.24) is 9.80 Å². The summed E-state index contributed by atoms with van der Waals surface area (Å²) in [6.07, 6.45) is 4.16. The lowest BCUT2D eigenvalue weighted by atomic mass is 10.1. The van der Waals surface area contributed by atoms with Crippen LogP contribution in [0.3, 0.4) is 0 Å². The van der Waals surface area contributed by atoms with Crippen LogP contribution in [-0.2, 0) is 14.3 Å². The van der Waals surface area contributed by atoms with Gasteiger partial charge in [-0.3, -0.25) is 14.4 Å². The van der Waals surface area contributed by atoms with E-state index >= 15 is 0 Å². The molecule has 0 bridgehead atoms. The summed E-state index contributed by atoms with van der Waals surface area (Å²) in [6, 6.07) is 11.0. The molecule has 3 amide bonds. The van der Waals surface area contributed by atoms with Crippen molar-refractivity contribution in [2.75, 3.05) is 42.9 Å². The van der Waals surface area contributed by atoms with Gasteiger partial charge in [0.2, 0.25) is 5.91 Å². The van der Waals surface area contributed by atoms with Crippen LogP contribution in [-0.4, -0.2) is 83.7 Å². The maximum absolute atomic E-state index is 12.9. The van der Waals surface area contributed by atoms with E-state index in [9.17, 15) is 14.4 Å². The molecule has 0 spiro atoms. The number of benzene rings is 1. The molecule has 2 aliphatic rings. The van der Waals surface area contributed by atoms with E-state index in [1.54, 1.807) is 17.0 Å². The third kappa shape index (κ3) is 8.76. The fourth-order valence-corrected chi connectivity index (χ4v) is 4.72. The molecule has 2 N–H and O–H groups in total. The zero-order valence-electron chi connectivity index (χ0n) is 22.8. The number of ether oxygens (including phenoxy) is 1. The van der Waals surface area contributed by atoms with Crippen LogP contribution in [0.15, 0.2) is 47.1 Å². The van der Waals surface area contributed by atoms with Crippen LogP contribution >= 0.6 is 0 Å². The third-order valence-corrected chi connectivity index (χ3v) is 6.56. The Morgan fingerprint density at radius 1 is 1.08 bits per heavy atom. The van der Waals surface area contributed by atoms with E-state index in [2.05, 4.69) is 10.2 Å². The van der Waals surface area contributed by atoms with Crippen LogP contribution in [0.1, 0.15) is 57.0 Å². The number of carbonyl (C=O) groups is 4. The summed E-state index contributed by atoms with van der Waals surface area (Å²) < 4.78 is 10.7. The van der Waals surface area contributed by atoms with E-state index in [4.69, 9.17) is 19.1 Å². The van der Waals surface area contributed by atoms with Gasteiger partial charge in [-0.2, -0.15) is 0 Å². The first-order valence-electron chi connectivity index (χ1n) is 13.2. The summed E-state index contributed by atoms with van der Waals surface area (Å²) in [5.41, 5.74) is 1.23. The summed E-state index contributed by atoms with van der Waals surface area (Å²) in [5.74, 6) is 0.124. The fraction of sp³-hybridized carbons (Fsp3) is 0.500. The minimum Gasteiger partial charge on any atom is -0.483 e. The minimum absolute atomic E-state index is 0.0666. The number of hydrogen-bond donors (Lipinski definition) is 2. The van der Waals surface area contributed by atoms with Crippen LogP contribution < -0.4 is 10.2 Å². The van der Waals surface area contributed by atoms with Crippen LogP contribution in [0.2, 0.25) is 0 Å². The molecule has 2 aromatic rings. The Hall–Kier alpha value is -4.02. The Kier molecular flexibility index (Phi) is 10.4. The van der Waals surface area contributed by atoms with Crippen molar-refractivity contribution >= 4 is 35.8 Å². The number of nitrogens with zero attached hydrogens (tertiary/aromatic N) is 3. The number of carbonyl (C=O) groups excluding carboxylic acids is 3. The zero-order valence-corrected chi connectivity index (χ0v) is 22.8. The van der Waals surface area contributed by atoms with Gasteiger partial charge < -0.3 is 34.3 Å². The first kappa shape index (κ1) is 29.5. The maximum atomic E-state index is 12.9. The van der Waals surface area contributed by atoms with Gasteiger partial charge in [0.15, 0.2) is 5.76 Å². The Morgan fingerprint density at radius 3 is 2.33 bits per heavy atom. The highest BCUT2D eigenvalue weighted by molar-refractivity contribution is 6.02. The Balaban J connectivity index is 0.00000134. The van der Waals surface area contributed by atoms with Gasteiger partial charge in [-0.1, -0.05) is 0 Å². The Morgan fingerprint density at radius 2 is 1.74 bits per heavy atom. The number of likely N-dealkylation sites (tertiary alicyclic amines) is 1. The monoisotopic (exact) mass is 542 g/mol. The van der Waals surface area contributed by atoms with Gasteiger partial charge >= 0.3 is 6.09 Å². The number of rotatable bonds is 6. The van der Waals surface area contributed by atoms with Crippen molar-refractivity contribution in [3.63, 3.8) is 0 Å². The third-order valence-electron chi connectivity index (χ3n) is 6.56. The van der Waals surface area contributed by atoms with E-state index in [0.717, 1.165) is 31.6 Å². The van der Waals surface area contributed by atoms with Crippen LogP contribution in [0.25, 0.3) is 0 Å². The second-order valence-electron chi connectivity index (χ2n) is 10.5. The van der Waals surface area contributed by atoms with Gasteiger partial charge in [0.05, 0.1) is 6.26 Å². The van der Waals surface area contributed by atoms with Gasteiger partial charge in [0, 0.05) is 56.6 Å². The molecule has 1 aromatic carbocycles. The molecular formula is C28H38N4O7. The molecule has 4 rings (SSSR count). The molecule has 0 saturated carbocycles. The molecule has 11 heteroatoms. The second kappa shape index (κ2) is 13.7. The number of carboxylic acid groups (broad SMARTS) is 1. The molecule has 11 nitrogen and oxygen atoms in total. The summed E-state index contributed by atoms with van der Waals surface area (Å²) >= 11 is 0. The zero-order chi connectivity index (χ0) is 28.4. The molecule has 2 saturated heterocycles. The van der Waals surface area contributed by atoms with Crippen molar-refractivity contribution < 1.29 is 33.4 Å². The molecule has 1 atom stereocenters. The number of amides is 3. The maximum Gasteiger partial charge on any atom is 0.410 e. The number of piperazine rings is 1. The van der Waals surface area contributed by atoms with E-state index in [-0.39, 0.29) is 36.2 Å². The molecule has 2 fully saturated rings. The van der Waals surface area contributed by atoms with E-state index < -0.39 is 5.60 Å². The molecule has 212 valence electrons. The molecule has 39 heavy (non-hydrogen) atoms. The molecule has 1 aromatic heterocycles. The highest BCUT2D eigenvalue weighted by Gasteiger charge is 2.33. The van der Waals surface area contributed by atoms with Gasteiger partial charge in [0.1, 0.15) is 5.60 Å². The van der Waals surface area contributed by atoms with Crippen molar-refractivity contribution in [1.29, 1.82) is 0 Å². The average Bonchev–Trinajstić information content (AvgIpc) is 3.60. The lowest BCUT2D eigenvalue weighted by Crippen LogP contribution is -2.49. The normalized spacial score (nSPS) is 17.2. The first-order chi connectivity index (χ1) is 18.6. The lowest BCUT2D eigenvalue weighted by molar-refractivity contribution is -0.131. The fourth-order valence-electron chi connectivity index (χ4n) is 4.72. The van der Waals surface area contributed by atoms with E-state index in [0.29, 0.717) is 38.2 Å². The molecule has 1 unspecified atom stereocenters. The van der Waals surface area contributed by atoms with Crippen molar-refractivity contribution in [3.05, 3.63) is 48.4 Å². The first-order valence-corrected chi connectivity index (χ1v) is 13.2. The smallest absolute Gasteiger partial charge is 0.410 e. The molecule has 3 heterocycles. The van der Waals surface area contributed by atoms with Gasteiger partial charge in [-0.05, 0) is 76.4 Å². The summed E-state index contributed by atoms with van der Waals surface area (Å²) in [5, 5.41) is 9.71. The Labute approximate surface area is 228 Å². The van der Waals surface area contributed by atoms with Gasteiger partial charge in [-0.25, -0.2) is 4.79 Å². The van der Waals surface area contributed by atoms with E-state index in [1.165, 1.54) is 6.26 Å². The number of anilines is 2. The predicted octanol–water partition coefficient (Wildman–Crippen LogP) is 4.06. The number of furan rings is 1. The van der Waals surface area contributed by atoms with Crippen LogP contribution in [0, 0.1) is 0 Å². The van der Waals surface area contributed by atoms with Crippen molar-refractivity contribution in [3.8, 4) is 0 Å². The van der Waals surface area contributed by atoms with Crippen molar-refractivity contribution in [2.24, 2.45) is 0 Å². The van der Waals surface area contributed by atoms with Crippen molar-refractivity contribution in [2.45, 2.75) is 58.1 Å². The van der Waals surface area contributed by atoms with Gasteiger partial charge in [-0.15, -0.1) is 0 Å². The highest BCUT2D eigenvalue weighted by Crippen LogP contribution is 2.25. The molecule has 0 radical (unpaired) electrons. The van der Waals surface area contributed by atoms with Gasteiger partial charge in [0.25, 0.3) is 12.4 Å². The SMILES string of the molecule is CC(C)(C)OC(=O)N1CCCC1CCC(=O)N1CCN(c2ccc(NC(=O)c3ccco3)cc2)CC1.O=CO. The quantitative estimate of drug-likeness (QED) is 0.522. The number of nitrogens with one attached hydrogen (secondary N) is 1. The van der Waals surface area contributed by atoms with Crippen LogP contribution in [0.4, 0.5) is 16.2 Å². The Bertz CT molecular complexity index is 1090. The summed E-state index contributed by atoms with van der Waals surface area (Å²) in [6.45, 7) is 8.87. The highest BCUT2D eigenvalue weighted by atomic mass is 16.6. The largest absolute Gasteiger partial charge is 0.483 e. The number of hydrogen-bond acceptors (Lipinski definition) is 7. The molecule has 0 aliphatic carbocycles. The standard InChI is InChI=1S/C27H36N4O5.CH2O2/c1-27(2,3)36-26(34)31-14-4-6-22(31)12-13-24(32)30-17-15-29(16-18-30)21-10-8-20(9-11-21)28-25(33)23-7-5-19-35-23;2-1-3/h5,7-11,19,22H,4,6,12-18H2,1-3H3,(H,28,33);1H,(H,2,3).